The fraction of sp³-hybridized carbons (Fsp3) is 0.600. The lowest BCUT2D eigenvalue weighted by atomic mass is 9.99. The average molecular weight is 246 g/mol. The van der Waals surface area contributed by atoms with Gasteiger partial charge in [-0.05, 0) is 49.8 Å². The van der Waals surface area contributed by atoms with Crippen LogP contribution in [0.25, 0.3) is 0 Å². The van der Waals surface area contributed by atoms with Gasteiger partial charge in [-0.1, -0.05) is 12.1 Å². The van der Waals surface area contributed by atoms with Gasteiger partial charge >= 0.3 is 0 Å². The second-order valence-electron chi connectivity index (χ2n) is 5.62. The van der Waals surface area contributed by atoms with E-state index in [1.807, 2.05) is 0 Å². The van der Waals surface area contributed by atoms with E-state index in [2.05, 4.69) is 34.9 Å². The third-order valence-electron chi connectivity index (χ3n) is 4.20. The molecule has 1 aromatic rings. The van der Waals surface area contributed by atoms with Crippen LogP contribution in [0.2, 0.25) is 0 Å². The molecule has 2 bridgehead atoms. The first kappa shape index (κ1) is 12.0. The normalized spacial score (nSPS) is 30.4. The Bertz CT molecular complexity index is 378. The standard InChI is InChI=1S/C15H22N2O/c18-8-7-11-1-3-12(4-2-11)16-15-9-13-5-6-14(10-15)17-13/h1-4,13-18H,5-10H2. The predicted molar refractivity (Wildman–Crippen MR) is 73.8 cm³/mol. The summed E-state index contributed by atoms with van der Waals surface area (Å²) in [6, 6.07) is 10.6. The summed E-state index contributed by atoms with van der Waals surface area (Å²) in [4.78, 5) is 0. The van der Waals surface area contributed by atoms with Gasteiger partial charge in [0.2, 0.25) is 0 Å². The molecule has 2 unspecified atom stereocenters. The lowest BCUT2D eigenvalue weighted by Crippen LogP contribution is -2.43. The molecule has 2 saturated heterocycles. The number of fused-ring (bicyclic) bond motifs is 2. The van der Waals surface area contributed by atoms with E-state index in [1.165, 1.54) is 36.9 Å². The second kappa shape index (κ2) is 5.29. The maximum absolute atomic E-state index is 8.89. The maximum Gasteiger partial charge on any atom is 0.0471 e. The molecule has 3 N–H and O–H groups in total. The van der Waals surface area contributed by atoms with Gasteiger partial charge in [-0.2, -0.15) is 0 Å². The Kier molecular flexibility index (Phi) is 3.52. The minimum Gasteiger partial charge on any atom is -0.396 e. The molecule has 2 aliphatic heterocycles. The van der Waals surface area contributed by atoms with E-state index >= 15 is 0 Å². The number of piperidine rings is 1. The molecule has 0 radical (unpaired) electrons. The molecule has 0 saturated carbocycles. The maximum atomic E-state index is 8.89. The van der Waals surface area contributed by atoms with E-state index in [9.17, 15) is 0 Å². The van der Waals surface area contributed by atoms with Gasteiger partial charge in [-0.3, -0.25) is 0 Å². The Morgan fingerprint density at radius 2 is 1.78 bits per heavy atom. The van der Waals surface area contributed by atoms with E-state index < -0.39 is 0 Å². The third-order valence-corrected chi connectivity index (χ3v) is 4.20. The fourth-order valence-electron chi connectivity index (χ4n) is 3.31. The Labute approximate surface area is 109 Å². The zero-order valence-electron chi connectivity index (χ0n) is 10.7. The van der Waals surface area contributed by atoms with Gasteiger partial charge in [0, 0.05) is 30.4 Å². The molecule has 1 aromatic carbocycles. The highest BCUT2D eigenvalue weighted by atomic mass is 16.2. The Morgan fingerprint density at radius 3 is 2.39 bits per heavy atom. The molecule has 98 valence electrons. The van der Waals surface area contributed by atoms with Crippen molar-refractivity contribution in [3.05, 3.63) is 29.8 Å². The van der Waals surface area contributed by atoms with Gasteiger partial charge < -0.3 is 15.7 Å². The van der Waals surface area contributed by atoms with Crippen LogP contribution in [0.15, 0.2) is 24.3 Å². The molecule has 0 aromatic heterocycles. The first-order valence-corrected chi connectivity index (χ1v) is 7.06. The summed E-state index contributed by atoms with van der Waals surface area (Å²) < 4.78 is 0. The molecule has 3 rings (SSSR count). The van der Waals surface area contributed by atoms with Crippen molar-refractivity contribution >= 4 is 5.69 Å². The van der Waals surface area contributed by atoms with Crippen LogP contribution in [0.5, 0.6) is 0 Å². The van der Waals surface area contributed by atoms with Crippen molar-refractivity contribution in [1.82, 2.24) is 5.32 Å². The summed E-state index contributed by atoms with van der Waals surface area (Å²) in [5, 5.41) is 16.2. The lowest BCUT2D eigenvalue weighted by Gasteiger charge is -2.30. The van der Waals surface area contributed by atoms with Crippen LogP contribution in [-0.2, 0) is 6.42 Å². The predicted octanol–water partition coefficient (Wildman–Crippen LogP) is 1.92. The SMILES string of the molecule is OCCc1ccc(NC2CC3CCC(C2)N3)cc1. The van der Waals surface area contributed by atoms with Crippen LogP contribution in [-0.4, -0.2) is 29.8 Å². The molecule has 3 nitrogen and oxygen atoms in total. The third kappa shape index (κ3) is 2.68. The van der Waals surface area contributed by atoms with Gasteiger partial charge in [0.1, 0.15) is 0 Å². The number of nitrogens with one attached hydrogen (secondary N) is 2. The van der Waals surface area contributed by atoms with Gasteiger partial charge in [0.05, 0.1) is 0 Å². The first-order chi connectivity index (χ1) is 8.83. The highest BCUT2D eigenvalue weighted by molar-refractivity contribution is 5.45. The zero-order chi connectivity index (χ0) is 12.4. The summed E-state index contributed by atoms with van der Waals surface area (Å²) >= 11 is 0. The Morgan fingerprint density at radius 1 is 1.11 bits per heavy atom. The molecule has 2 atom stereocenters. The quantitative estimate of drug-likeness (QED) is 0.760. The number of anilines is 1. The highest BCUT2D eigenvalue weighted by Crippen LogP contribution is 2.28. The van der Waals surface area contributed by atoms with Crippen molar-refractivity contribution in [2.45, 2.75) is 50.2 Å². The molecule has 2 fully saturated rings. The molecule has 18 heavy (non-hydrogen) atoms. The molecular formula is C15H22N2O. The van der Waals surface area contributed by atoms with Crippen LogP contribution in [0, 0.1) is 0 Å². The zero-order valence-corrected chi connectivity index (χ0v) is 10.7. The molecule has 0 amide bonds. The summed E-state index contributed by atoms with van der Waals surface area (Å²) in [5.41, 5.74) is 2.41. The van der Waals surface area contributed by atoms with E-state index in [-0.39, 0.29) is 6.61 Å². The Hall–Kier alpha value is -1.06. The van der Waals surface area contributed by atoms with Gasteiger partial charge in [0.15, 0.2) is 0 Å². The summed E-state index contributed by atoms with van der Waals surface area (Å²) in [6.45, 7) is 0.227. The van der Waals surface area contributed by atoms with Crippen molar-refractivity contribution in [3.63, 3.8) is 0 Å². The van der Waals surface area contributed by atoms with Gasteiger partial charge in [-0.15, -0.1) is 0 Å². The molecule has 3 heteroatoms. The number of hydrogen-bond acceptors (Lipinski definition) is 3. The number of aliphatic hydroxyl groups excluding tert-OH is 1. The van der Waals surface area contributed by atoms with Crippen molar-refractivity contribution in [2.24, 2.45) is 0 Å². The van der Waals surface area contributed by atoms with Crippen LogP contribution in [0.1, 0.15) is 31.2 Å². The largest absolute Gasteiger partial charge is 0.396 e. The fourth-order valence-corrected chi connectivity index (χ4v) is 3.31. The second-order valence-corrected chi connectivity index (χ2v) is 5.62. The van der Waals surface area contributed by atoms with E-state index in [0.29, 0.717) is 6.04 Å². The van der Waals surface area contributed by atoms with Gasteiger partial charge in [0.25, 0.3) is 0 Å². The summed E-state index contributed by atoms with van der Waals surface area (Å²) in [7, 11) is 0. The van der Waals surface area contributed by atoms with Crippen molar-refractivity contribution in [1.29, 1.82) is 0 Å². The molecular weight excluding hydrogens is 224 g/mol. The molecule has 0 aliphatic carbocycles. The van der Waals surface area contributed by atoms with Crippen molar-refractivity contribution in [2.75, 3.05) is 11.9 Å². The summed E-state index contributed by atoms with van der Waals surface area (Å²) in [5.74, 6) is 0. The number of benzene rings is 1. The first-order valence-electron chi connectivity index (χ1n) is 7.06. The topological polar surface area (TPSA) is 44.3 Å². The Balaban J connectivity index is 1.59. The number of rotatable bonds is 4. The number of aliphatic hydroxyl groups is 1. The lowest BCUT2D eigenvalue weighted by molar-refractivity contribution is 0.299. The van der Waals surface area contributed by atoms with E-state index in [1.54, 1.807) is 0 Å². The van der Waals surface area contributed by atoms with E-state index in [0.717, 1.165) is 18.5 Å². The minimum absolute atomic E-state index is 0.227. The highest BCUT2D eigenvalue weighted by Gasteiger charge is 2.33. The van der Waals surface area contributed by atoms with Crippen LogP contribution in [0.3, 0.4) is 0 Å². The minimum atomic E-state index is 0.227. The molecule has 2 aliphatic rings. The van der Waals surface area contributed by atoms with Crippen LogP contribution < -0.4 is 10.6 Å². The van der Waals surface area contributed by atoms with Crippen molar-refractivity contribution in [3.8, 4) is 0 Å². The van der Waals surface area contributed by atoms with Gasteiger partial charge in [-0.25, -0.2) is 0 Å². The van der Waals surface area contributed by atoms with E-state index in [4.69, 9.17) is 5.11 Å². The smallest absolute Gasteiger partial charge is 0.0471 e. The van der Waals surface area contributed by atoms with Crippen LogP contribution >= 0.6 is 0 Å². The molecule has 0 spiro atoms. The van der Waals surface area contributed by atoms with Crippen molar-refractivity contribution < 1.29 is 5.11 Å². The van der Waals surface area contributed by atoms with Crippen LogP contribution in [0.4, 0.5) is 5.69 Å². The number of hydrogen-bond donors (Lipinski definition) is 3. The average Bonchev–Trinajstić information content (AvgIpc) is 2.72. The molecule has 2 heterocycles. The summed E-state index contributed by atoms with van der Waals surface area (Å²) in [6.07, 6.45) is 5.93. The monoisotopic (exact) mass is 246 g/mol.